The van der Waals surface area contributed by atoms with Crippen LogP contribution in [-0.4, -0.2) is 30.4 Å². The first-order chi connectivity index (χ1) is 7.58. The van der Waals surface area contributed by atoms with E-state index in [-0.39, 0.29) is 12.4 Å². The van der Waals surface area contributed by atoms with Crippen molar-refractivity contribution in [3.63, 3.8) is 0 Å². The molecule has 4 heteroatoms. The van der Waals surface area contributed by atoms with Crippen molar-refractivity contribution in [2.24, 2.45) is 0 Å². The number of phenols is 1. The van der Waals surface area contributed by atoms with Crippen molar-refractivity contribution in [2.75, 3.05) is 20.2 Å². The maximum Gasteiger partial charge on any atom is 0.167 e. The third-order valence-corrected chi connectivity index (χ3v) is 3.05. The van der Waals surface area contributed by atoms with Crippen LogP contribution in [0.4, 0.5) is 0 Å². The van der Waals surface area contributed by atoms with E-state index in [0.29, 0.717) is 18.7 Å². The molecule has 0 aliphatic carbocycles. The van der Waals surface area contributed by atoms with Crippen LogP contribution in [0.3, 0.4) is 0 Å². The summed E-state index contributed by atoms with van der Waals surface area (Å²) >= 11 is 0. The molecule has 0 fully saturated rings. The summed E-state index contributed by atoms with van der Waals surface area (Å²) in [5, 5.41) is 23.2. The van der Waals surface area contributed by atoms with E-state index in [1.807, 2.05) is 14.0 Å². The van der Waals surface area contributed by atoms with Gasteiger partial charge in [0, 0.05) is 5.56 Å². The number of rotatable bonds is 3. The van der Waals surface area contributed by atoms with Crippen LogP contribution < -0.4 is 10.1 Å². The monoisotopic (exact) mass is 223 g/mol. The van der Waals surface area contributed by atoms with Gasteiger partial charge in [-0.2, -0.15) is 0 Å². The quantitative estimate of drug-likeness (QED) is 0.712. The van der Waals surface area contributed by atoms with E-state index >= 15 is 0 Å². The molecule has 1 unspecified atom stereocenters. The molecule has 0 saturated heterocycles. The van der Waals surface area contributed by atoms with Crippen LogP contribution >= 0.6 is 0 Å². The van der Waals surface area contributed by atoms with Crippen molar-refractivity contribution in [1.29, 1.82) is 0 Å². The van der Waals surface area contributed by atoms with Gasteiger partial charge in [0.1, 0.15) is 12.2 Å². The fourth-order valence-electron chi connectivity index (χ4n) is 2.19. The van der Waals surface area contributed by atoms with E-state index < -0.39 is 5.60 Å². The van der Waals surface area contributed by atoms with E-state index in [1.165, 1.54) is 0 Å². The van der Waals surface area contributed by atoms with Gasteiger partial charge in [-0.3, -0.25) is 0 Å². The molecule has 16 heavy (non-hydrogen) atoms. The maximum atomic E-state index is 10.5. The third kappa shape index (κ3) is 1.64. The number of ether oxygens (including phenoxy) is 1. The lowest BCUT2D eigenvalue weighted by atomic mass is 9.89. The Labute approximate surface area is 94.9 Å². The first-order valence-electron chi connectivity index (χ1n) is 5.41. The number of fused-ring (bicyclic) bond motifs is 1. The standard InChI is InChI=1S/C12H17NO3/c1-8-3-4-9(14)11-10(8)12(15,7-16-11)5-6-13-2/h3-4,13-15H,5-7H2,1-2H3. The summed E-state index contributed by atoms with van der Waals surface area (Å²) in [4.78, 5) is 0. The van der Waals surface area contributed by atoms with E-state index in [9.17, 15) is 10.2 Å². The number of nitrogens with one attached hydrogen (secondary N) is 1. The van der Waals surface area contributed by atoms with Crippen molar-refractivity contribution in [1.82, 2.24) is 5.32 Å². The smallest absolute Gasteiger partial charge is 0.167 e. The highest BCUT2D eigenvalue weighted by Crippen LogP contribution is 2.45. The highest BCUT2D eigenvalue weighted by molar-refractivity contribution is 5.54. The van der Waals surface area contributed by atoms with Crippen LogP contribution in [0.5, 0.6) is 11.5 Å². The first kappa shape index (κ1) is 11.2. The summed E-state index contributed by atoms with van der Waals surface area (Å²) in [5.41, 5.74) is 0.688. The summed E-state index contributed by atoms with van der Waals surface area (Å²) in [5.74, 6) is 0.527. The Balaban J connectivity index is 2.41. The van der Waals surface area contributed by atoms with Crippen molar-refractivity contribution >= 4 is 0 Å². The van der Waals surface area contributed by atoms with Gasteiger partial charge in [-0.15, -0.1) is 0 Å². The topological polar surface area (TPSA) is 61.7 Å². The molecule has 1 heterocycles. The summed E-state index contributed by atoms with van der Waals surface area (Å²) < 4.78 is 5.39. The Morgan fingerprint density at radius 1 is 1.50 bits per heavy atom. The van der Waals surface area contributed by atoms with Gasteiger partial charge >= 0.3 is 0 Å². The number of aromatic hydroxyl groups is 1. The molecule has 0 saturated carbocycles. The molecule has 0 amide bonds. The lowest BCUT2D eigenvalue weighted by molar-refractivity contribution is 0.00870. The van der Waals surface area contributed by atoms with Crippen LogP contribution in [0.15, 0.2) is 12.1 Å². The van der Waals surface area contributed by atoms with Gasteiger partial charge in [-0.25, -0.2) is 0 Å². The minimum atomic E-state index is -0.985. The molecule has 1 aliphatic heterocycles. The Morgan fingerprint density at radius 3 is 2.94 bits per heavy atom. The van der Waals surface area contributed by atoms with Crippen LogP contribution in [0.1, 0.15) is 17.5 Å². The van der Waals surface area contributed by atoms with E-state index in [4.69, 9.17) is 4.74 Å². The Hall–Kier alpha value is -1.26. The molecule has 0 aromatic heterocycles. The van der Waals surface area contributed by atoms with Gasteiger partial charge in [-0.05, 0) is 38.6 Å². The number of aryl methyl sites for hydroxylation is 1. The predicted octanol–water partition coefficient (Wildman–Crippen LogP) is 0.890. The van der Waals surface area contributed by atoms with Crippen molar-refractivity contribution in [3.8, 4) is 11.5 Å². The summed E-state index contributed by atoms with van der Waals surface area (Å²) in [6.45, 7) is 2.83. The lowest BCUT2D eigenvalue weighted by Crippen LogP contribution is -2.31. The van der Waals surface area contributed by atoms with Crippen molar-refractivity contribution in [3.05, 3.63) is 23.3 Å². The molecule has 1 aromatic rings. The zero-order chi connectivity index (χ0) is 11.8. The van der Waals surface area contributed by atoms with Crippen LogP contribution in [0, 0.1) is 6.92 Å². The largest absolute Gasteiger partial charge is 0.504 e. The van der Waals surface area contributed by atoms with Gasteiger partial charge in [0.25, 0.3) is 0 Å². The van der Waals surface area contributed by atoms with Crippen molar-refractivity contribution in [2.45, 2.75) is 18.9 Å². The van der Waals surface area contributed by atoms with Gasteiger partial charge in [-0.1, -0.05) is 6.07 Å². The molecule has 88 valence electrons. The lowest BCUT2D eigenvalue weighted by Gasteiger charge is -2.22. The van der Waals surface area contributed by atoms with E-state index in [1.54, 1.807) is 12.1 Å². The Bertz CT molecular complexity index is 405. The fourth-order valence-corrected chi connectivity index (χ4v) is 2.19. The van der Waals surface area contributed by atoms with Crippen molar-refractivity contribution < 1.29 is 14.9 Å². The zero-order valence-electron chi connectivity index (χ0n) is 9.58. The normalized spacial score (nSPS) is 22.9. The summed E-state index contributed by atoms with van der Waals surface area (Å²) in [6, 6.07) is 3.39. The number of benzene rings is 1. The SMILES string of the molecule is CNCCC1(O)COc2c(O)ccc(C)c21. The highest BCUT2D eigenvalue weighted by atomic mass is 16.5. The van der Waals surface area contributed by atoms with E-state index in [0.717, 1.165) is 11.1 Å². The minimum absolute atomic E-state index is 0.0981. The minimum Gasteiger partial charge on any atom is -0.504 e. The fraction of sp³-hybridized carbons (Fsp3) is 0.500. The third-order valence-electron chi connectivity index (χ3n) is 3.05. The number of hydrogen-bond donors (Lipinski definition) is 3. The summed E-state index contributed by atoms with van der Waals surface area (Å²) in [6.07, 6.45) is 0.570. The second kappa shape index (κ2) is 3.96. The molecular weight excluding hydrogens is 206 g/mol. The van der Waals surface area contributed by atoms with Gasteiger partial charge in [0.05, 0.1) is 0 Å². The number of aliphatic hydroxyl groups is 1. The second-order valence-electron chi connectivity index (χ2n) is 4.28. The zero-order valence-corrected chi connectivity index (χ0v) is 9.58. The molecule has 0 radical (unpaired) electrons. The molecule has 1 aliphatic rings. The number of hydrogen-bond acceptors (Lipinski definition) is 4. The van der Waals surface area contributed by atoms with Gasteiger partial charge in [0.2, 0.25) is 0 Å². The average Bonchev–Trinajstić information content (AvgIpc) is 2.61. The molecule has 0 bridgehead atoms. The molecule has 1 atom stereocenters. The average molecular weight is 223 g/mol. The Morgan fingerprint density at radius 2 is 2.25 bits per heavy atom. The van der Waals surface area contributed by atoms with E-state index in [2.05, 4.69) is 5.32 Å². The maximum absolute atomic E-state index is 10.5. The molecule has 3 N–H and O–H groups in total. The summed E-state index contributed by atoms with van der Waals surface area (Å²) in [7, 11) is 1.84. The molecular formula is C12H17NO3. The van der Waals surface area contributed by atoms with Crippen LogP contribution in [-0.2, 0) is 5.60 Å². The molecule has 1 aromatic carbocycles. The molecule has 0 spiro atoms. The predicted molar refractivity (Wildman–Crippen MR) is 60.8 cm³/mol. The Kier molecular flexibility index (Phi) is 2.78. The van der Waals surface area contributed by atoms with Crippen LogP contribution in [0.2, 0.25) is 0 Å². The number of phenolic OH excluding ortho intramolecular Hbond substituents is 1. The van der Waals surface area contributed by atoms with Crippen LogP contribution in [0.25, 0.3) is 0 Å². The second-order valence-corrected chi connectivity index (χ2v) is 4.28. The van der Waals surface area contributed by atoms with Gasteiger partial charge < -0.3 is 20.3 Å². The first-order valence-corrected chi connectivity index (χ1v) is 5.41. The molecule has 2 rings (SSSR count). The van der Waals surface area contributed by atoms with Gasteiger partial charge in [0.15, 0.2) is 11.5 Å². The highest BCUT2D eigenvalue weighted by Gasteiger charge is 2.40. The molecule has 4 nitrogen and oxygen atoms in total.